The van der Waals surface area contributed by atoms with Gasteiger partial charge in [-0.15, -0.1) is 0 Å². The number of aromatic nitrogens is 3. The van der Waals surface area contributed by atoms with E-state index in [-0.39, 0.29) is 23.6 Å². The summed E-state index contributed by atoms with van der Waals surface area (Å²) in [6.45, 7) is 1.20. The van der Waals surface area contributed by atoms with Crippen LogP contribution < -0.4 is 10.3 Å². The second-order valence-corrected chi connectivity index (χ2v) is 9.17. The van der Waals surface area contributed by atoms with Crippen LogP contribution in [0.3, 0.4) is 0 Å². The number of amides is 1. The van der Waals surface area contributed by atoms with Crippen molar-refractivity contribution >= 4 is 17.7 Å². The van der Waals surface area contributed by atoms with Gasteiger partial charge in [-0.2, -0.15) is 5.26 Å². The Morgan fingerprint density at radius 2 is 2.16 bits per heavy atom. The molecule has 1 unspecified atom stereocenters. The Hall–Kier alpha value is -2.86. The van der Waals surface area contributed by atoms with E-state index in [2.05, 4.69) is 16.0 Å². The van der Waals surface area contributed by atoms with Crippen LogP contribution in [0.4, 0.5) is 0 Å². The Balaban J connectivity index is 1.20. The van der Waals surface area contributed by atoms with E-state index < -0.39 is 0 Å². The number of piperidine rings is 1. The molecule has 9 heteroatoms. The maximum Gasteiger partial charge on any atom is 0.257 e. The SMILES string of the molecule is N#Cc1cccnc1OC1CCN(C(=O)CC2CSc3nc4c(c(=O)n32)CCC4)CC1. The topological polar surface area (TPSA) is 101 Å². The minimum Gasteiger partial charge on any atom is -0.473 e. The first-order valence-corrected chi connectivity index (χ1v) is 11.7. The molecule has 2 aliphatic heterocycles. The van der Waals surface area contributed by atoms with Crippen molar-refractivity contribution < 1.29 is 9.53 Å². The van der Waals surface area contributed by atoms with Crippen LogP contribution in [0.2, 0.25) is 0 Å². The van der Waals surface area contributed by atoms with Crippen molar-refractivity contribution in [3.8, 4) is 11.9 Å². The number of rotatable bonds is 4. The predicted octanol–water partition coefficient (Wildman–Crippen LogP) is 2.11. The molecular formula is C22H23N5O3S. The number of carbonyl (C=O) groups is 1. The fraction of sp³-hybridized carbons (Fsp3) is 0.500. The van der Waals surface area contributed by atoms with Crippen LogP contribution >= 0.6 is 11.8 Å². The molecule has 1 saturated heterocycles. The van der Waals surface area contributed by atoms with Crippen molar-refractivity contribution in [3.05, 3.63) is 45.5 Å². The molecule has 1 fully saturated rings. The first-order valence-electron chi connectivity index (χ1n) is 10.7. The number of hydrogen-bond donors (Lipinski definition) is 0. The summed E-state index contributed by atoms with van der Waals surface area (Å²) >= 11 is 1.58. The van der Waals surface area contributed by atoms with Gasteiger partial charge in [-0.3, -0.25) is 14.2 Å². The second kappa shape index (κ2) is 8.35. The number of aryl methyl sites for hydroxylation is 1. The summed E-state index contributed by atoms with van der Waals surface area (Å²) in [5, 5.41) is 9.95. The zero-order valence-electron chi connectivity index (χ0n) is 17.1. The van der Waals surface area contributed by atoms with Crippen LogP contribution in [0, 0.1) is 11.3 Å². The van der Waals surface area contributed by atoms with E-state index >= 15 is 0 Å². The van der Waals surface area contributed by atoms with Crippen molar-refractivity contribution in [2.45, 2.75) is 55.8 Å². The summed E-state index contributed by atoms with van der Waals surface area (Å²) < 4.78 is 7.67. The van der Waals surface area contributed by atoms with Gasteiger partial charge in [-0.25, -0.2) is 9.97 Å². The van der Waals surface area contributed by atoms with Gasteiger partial charge in [0.2, 0.25) is 11.8 Å². The van der Waals surface area contributed by atoms with Crippen LogP contribution in [0.1, 0.15) is 48.5 Å². The third-order valence-electron chi connectivity index (χ3n) is 6.25. The van der Waals surface area contributed by atoms with E-state index in [1.54, 1.807) is 34.7 Å². The first-order chi connectivity index (χ1) is 15.1. The Morgan fingerprint density at radius 1 is 1.32 bits per heavy atom. The normalized spacial score (nSPS) is 20.2. The third-order valence-corrected chi connectivity index (χ3v) is 7.34. The lowest BCUT2D eigenvalue weighted by Gasteiger charge is -2.32. The summed E-state index contributed by atoms with van der Waals surface area (Å²) in [7, 11) is 0. The summed E-state index contributed by atoms with van der Waals surface area (Å²) in [6.07, 6.45) is 5.92. The second-order valence-electron chi connectivity index (χ2n) is 8.18. The largest absolute Gasteiger partial charge is 0.473 e. The molecule has 160 valence electrons. The number of pyridine rings is 1. The molecule has 1 amide bonds. The van der Waals surface area contributed by atoms with Gasteiger partial charge in [0.25, 0.3) is 5.56 Å². The highest BCUT2D eigenvalue weighted by molar-refractivity contribution is 7.99. The molecule has 31 heavy (non-hydrogen) atoms. The molecule has 2 aromatic rings. The molecule has 0 bridgehead atoms. The minimum atomic E-state index is -0.126. The lowest BCUT2D eigenvalue weighted by Crippen LogP contribution is -2.43. The molecule has 5 rings (SSSR count). The average molecular weight is 438 g/mol. The lowest BCUT2D eigenvalue weighted by atomic mass is 10.1. The Labute approximate surface area is 184 Å². The molecule has 1 aliphatic carbocycles. The Kier molecular flexibility index (Phi) is 5.40. The van der Waals surface area contributed by atoms with Gasteiger partial charge in [-0.1, -0.05) is 11.8 Å². The molecule has 4 heterocycles. The predicted molar refractivity (Wildman–Crippen MR) is 114 cm³/mol. The lowest BCUT2D eigenvalue weighted by molar-refractivity contribution is -0.133. The van der Waals surface area contributed by atoms with Gasteiger partial charge in [0.05, 0.1) is 11.7 Å². The number of nitrogens with zero attached hydrogens (tertiary/aromatic N) is 5. The molecule has 0 radical (unpaired) electrons. The molecule has 0 aromatic carbocycles. The first kappa shape index (κ1) is 20.1. The van der Waals surface area contributed by atoms with Crippen molar-refractivity contribution in [1.82, 2.24) is 19.4 Å². The number of fused-ring (bicyclic) bond motifs is 2. The van der Waals surface area contributed by atoms with E-state index in [0.717, 1.165) is 35.7 Å². The van der Waals surface area contributed by atoms with Crippen molar-refractivity contribution in [2.75, 3.05) is 18.8 Å². The Bertz CT molecular complexity index is 1120. The average Bonchev–Trinajstić information content (AvgIpc) is 3.42. The van der Waals surface area contributed by atoms with E-state index in [4.69, 9.17) is 4.74 Å². The number of carbonyl (C=O) groups excluding carboxylic acids is 1. The fourth-order valence-electron chi connectivity index (χ4n) is 4.58. The van der Waals surface area contributed by atoms with Gasteiger partial charge in [-0.05, 0) is 31.4 Å². The van der Waals surface area contributed by atoms with E-state index in [1.165, 1.54) is 0 Å². The molecule has 8 nitrogen and oxygen atoms in total. The highest BCUT2D eigenvalue weighted by Gasteiger charge is 2.33. The van der Waals surface area contributed by atoms with Crippen molar-refractivity contribution in [2.24, 2.45) is 0 Å². The van der Waals surface area contributed by atoms with Gasteiger partial charge in [0.15, 0.2) is 5.16 Å². The Morgan fingerprint density at radius 3 is 2.97 bits per heavy atom. The molecule has 1 atom stereocenters. The molecular weight excluding hydrogens is 414 g/mol. The van der Waals surface area contributed by atoms with E-state index in [1.807, 2.05) is 4.90 Å². The zero-order chi connectivity index (χ0) is 21.4. The summed E-state index contributed by atoms with van der Waals surface area (Å²) in [4.78, 5) is 36.6. The maximum atomic E-state index is 13.0. The molecule has 0 spiro atoms. The number of ether oxygens (including phenoxy) is 1. The summed E-state index contributed by atoms with van der Waals surface area (Å²) in [5.41, 5.74) is 2.26. The van der Waals surface area contributed by atoms with Crippen LogP contribution in [0.25, 0.3) is 0 Å². The van der Waals surface area contributed by atoms with E-state index in [9.17, 15) is 14.9 Å². The molecule has 3 aliphatic rings. The summed E-state index contributed by atoms with van der Waals surface area (Å²) in [6, 6.07) is 5.36. The number of nitriles is 1. The highest BCUT2D eigenvalue weighted by atomic mass is 32.2. The smallest absolute Gasteiger partial charge is 0.257 e. The molecule has 0 N–H and O–H groups in total. The zero-order valence-corrected chi connectivity index (χ0v) is 17.9. The molecule has 2 aromatic heterocycles. The monoisotopic (exact) mass is 437 g/mol. The number of hydrogen-bond acceptors (Lipinski definition) is 7. The summed E-state index contributed by atoms with van der Waals surface area (Å²) in [5.74, 6) is 1.14. The number of thioether (sulfide) groups is 1. The van der Waals surface area contributed by atoms with Gasteiger partial charge in [0, 0.05) is 49.9 Å². The molecule has 0 saturated carbocycles. The standard InChI is InChI=1S/C22H23N5O3S/c23-12-14-3-2-8-24-20(14)30-16-6-9-26(10-7-16)19(28)11-15-13-31-22-25-18-5-1-4-17(18)21(29)27(15)22/h2-3,8,15-16H,1,4-7,9-11,13H2. The van der Waals surface area contributed by atoms with Crippen LogP contribution in [0.15, 0.2) is 28.3 Å². The third kappa shape index (κ3) is 3.81. The number of likely N-dealkylation sites (tertiary alicyclic amines) is 1. The van der Waals surface area contributed by atoms with Crippen molar-refractivity contribution in [3.63, 3.8) is 0 Å². The van der Waals surface area contributed by atoms with Crippen LogP contribution in [-0.4, -0.2) is 50.3 Å². The van der Waals surface area contributed by atoms with Gasteiger partial charge in [0.1, 0.15) is 17.7 Å². The van der Waals surface area contributed by atoms with Gasteiger partial charge >= 0.3 is 0 Å². The quantitative estimate of drug-likeness (QED) is 0.675. The fourth-order valence-corrected chi connectivity index (χ4v) is 5.74. The highest BCUT2D eigenvalue weighted by Crippen LogP contribution is 2.34. The van der Waals surface area contributed by atoms with Crippen molar-refractivity contribution in [1.29, 1.82) is 5.26 Å². The van der Waals surface area contributed by atoms with Gasteiger partial charge < -0.3 is 9.64 Å². The maximum absolute atomic E-state index is 13.0. The van der Waals surface area contributed by atoms with Crippen LogP contribution in [0.5, 0.6) is 5.88 Å². The minimum absolute atomic E-state index is 0.0519. The van der Waals surface area contributed by atoms with E-state index in [0.29, 0.717) is 49.5 Å². The van der Waals surface area contributed by atoms with Crippen LogP contribution in [-0.2, 0) is 17.6 Å².